The molecule has 0 amide bonds. The highest BCUT2D eigenvalue weighted by Crippen LogP contribution is 2.31. The van der Waals surface area contributed by atoms with E-state index in [1.54, 1.807) is 24.3 Å². The van der Waals surface area contributed by atoms with Crippen molar-refractivity contribution in [3.63, 3.8) is 0 Å². The lowest BCUT2D eigenvalue weighted by molar-refractivity contribution is -0.281. The average molecular weight is 470 g/mol. The van der Waals surface area contributed by atoms with Gasteiger partial charge in [0.15, 0.2) is 11.5 Å². The Bertz CT molecular complexity index is 1240. The van der Waals surface area contributed by atoms with Crippen LogP contribution in [-0.2, 0) is 14.3 Å². The lowest BCUT2D eigenvalue weighted by atomic mass is 9.99. The molecule has 1 aliphatic rings. The minimum atomic E-state index is -1.66. The fraction of sp³-hybridized carbons (Fsp3) is 0.250. The number of ether oxygens (including phenoxy) is 3. The summed E-state index contributed by atoms with van der Waals surface area (Å²) in [6, 6.07) is 12.5. The van der Waals surface area contributed by atoms with Gasteiger partial charge in [-0.3, -0.25) is 4.79 Å². The molecule has 0 radical (unpaired) electrons. The van der Waals surface area contributed by atoms with Crippen LogP contribution < -0.4 is 10.2 Å². The number of carbonyl (C=O) groups is 1. The third kappa shape index (κ3) is 4.95. The third-order valence-electron chi connectivity index (χ3n) is 5.26. The van der Waals surface area contributed by atoms with Gasteiger partial charge < -0.3 is 39.1 Å². The Labute approximate surface area is 192 Å². The monoisotopic (exact) mass is 470 g/mol. The number of esters is 1. The minimum Gasteiger partial charge on any atom is -0.507 e. The number of hydrogen-bond acceptors (Lipinski definition) is 10. The van der Waals surface area contributed by atoms with Gasteiger partial charge in [0, 0.05) is 24.3 Å². The van der Waals surface area contributed by atoms with Crippen LogP contribution >= 0.6 is 0 Å². The Kier molecular flexibility index (Phi) is 6.94. The zero-order chi connectivity index (χ0) is 24.2. The van der Waals surface area contributed by atoms with Crippen molar-refractivity contribution in [2.75, 3.05) is 6.61 Å². The fourth-order valence-electron chi connectivity index (χ4n) is 3.55. The van der Waals surface area contributed by atoms with Crippen molar-refractivity contribution in [3.8, 4) is 11.5 Å². The summed E-state index contributed by atoms with van der Waals surface area (Å²) in [6.07, 6.45) is -3.63. The van der Waals surface area contributed by atoms with Crippen molar-refractivity contribution in [3.05, 3.63) is 76.7 Å². The van der Waals surface area contributed by atoms with Gasteiger partial charge in [0.2, 0.25) is 6.29 Å². The first-order valence-corrected chi connectivity index (χ1v) is 10.3. The van der Waals surface area contributed by atoms with Crippen LogP contribution in [0.1, 0.15) is 5.56 Å². The maximum Gasteiger partial charge on any atom is 0.331 e. The molecule has 2 heterocycles. The van der Waals surface area contributed by atoms with E-state index in [0.29, 0.717) is 0 Å². The Hall–Kier alpha value is -3.70. The van der Waals surface area contributed by atoms with Gasteiger partial charge in [-0.1, -0.05) is 30.3 Å². The van der Waals surface area contributed by atoms with E-state index >= 15 is 0 Å². The molecule has 3 aromatic rings. The Morgan fingerprint density at radius 3 is 2.59 bits per heavy atom. The van der Waals surface area contributed by atoms with Gasteiger partial charge in [-0.2, -0.15) is 0 Å². The molecule has 1 aromatic heterocycles. The molecule has 4 N–H and O–H groups in total. The van der Waals surface area contributed by atoms with Gasteiger partial charge in [-0.15, -0.1) is 0 Å². The van der Waals surface area contributed by atoms with Gasteiger partial charge in [-0.25, -0.2) is 4.79 Å². The number of phenols is 1. The maximum absolute atomic E-state index is 12.4. The number of hydrogen-bond donors (Lipinski definition) is 4. The predicted molar refractivity (Wildman–Crippen MR) is 118 cm³/mol. The topological polar surface area (TPSA) is 156 Å². The van der Waals surface area contributed by atoms with Gasteiger partial charge in [-0.05, 0) is 11.6 Å². The summed E-state index contributed by atoms with van der Waals surface area (Å²) in [6.45, 7) is -0.648. The lowest BCUT2D eigenvalue weighted by Crippen LogP contribution is -2.61. The average Bonchev–Trinajstić information content (AvgIpc) is 2.83. The first kappa shape index (κ1) is 23.5. The van der Waals surface area contributed by atoms with Crippen molar-refractivity contribution >= 4 is 23.0 Å². The summed E-state index contributed by atoms with van der Waals surface area (Å²) < 4.78 is 21.8. The standard InChI is InChI=1S/C24H22O10/c25-12-18-21(29)22(30)23(34-19(28)7-6-13-4-2-1-3-5-13)24(33-18)32-14-10-16(27)20-15(26)8-9-31-17(20)11-14/h1-11,18,21-25,27,29-30H,12H2/b7-6+/t18-,21-,22+,23-,24-/m1/s1. The summed E-state index contributed by atoms with van der Waals surface area (Å²) in [5.41, 5.74) is 0.299. The molecule has 4 rings (SSSR count). The Balaban J connectivity index is 1.58. The molecular weight excluding hydrogens is 448 g/mol. The van der Waals surface area contributed by atoms with Gasteiger partial charge in [0.05, 0.1) is 12.9 Å². The summed E-state index contributed by atoms with van der Waals surface area (Å²) in [5, 5.41) is 40.5. The van der Waals surface area contributed by atoms with E-state index in [2.05, 4.69) is 0 Å². The second-order valence-electron chi connectivity index (χ2n) is 7.57. The number of aromatic hydroxyl groups is 1. The minimum absolute atomic E-state index is 0.0249. The molecule has 1 fully saturated rings. The normalized spacial score (nSPS) is 24.9. The number of benzene rings is 2. The molecule has 5 atom stereocenters. The van der Waals surface area contributed by atoms with Gasteiger partial charge in [0.25, 0.3) is 0 Å². The van der Waals surface area contributed by atoms with E-state index < -0.39 is 54.5 Å². The number of rotatable bonds is 6. The summed E-state index contributed by atoms with van der Waals surface area (Å²) >= 11 is 0. The molecule has 34 heavy (non-hydrogen) atoms. The molecule has 178 valence electrons. The van der Waals surface area contributed by atoms with Crippen molar-refractivity contribution in [1.29, 1.82) is 0 Å². The lowest BCUT2D eigenvalue weighted by Gasteiger charge is -2.41. The summed E-state index contributed by atoms with van der Waals surface area (Å²) in [5.74, 6) is -1.30. The van der Waals surface area contributed by atoms with E-state index in [4.69, 9.17) is 18.6 Å². The summed E-state index contributed by atoms with van der Waals surface area (Å²) in [4.78, 5) is 24.4. The quantitative estimate of drug-likeness (QED) is 0.302. The van der Waals surface area contributed by atoms with E-state index in [-0.39, 0.29) is 16.7 Å². The first-order valence-electron chi connectivity index (χ1n) is 10.3. The van der Waals surface area contributed by atoms with Gasteiger partial charge in [0.1, 0.15) is 40.8 Å². The van der Waals surface area contributed by atoms with E-state index in [1.165, 1.54) is 12.1 Å². The van der Waals surface area contributed by atoms with Crippen LogP contribution in [0.4, 0.5) is 0 Å². The Morgan fingerprint density at radius 2 is 1.85 bits per heavy atom. The highest BCUT2D eigenvalue weighted by Gasteiger charge is 2.47. The van der Waals surface area contributed by atoms with E-state index in [9.17, 15) is 30.0 Å². The van der Waals surface area contributed by atoms with Crippen molar-refractivity contribution < 1.29 is 43.8 Å². The second kappa shape index (κ2) is 10.1. The van der Waals surface area contributed by atoms with E-state index in [0.717, 1.165) is 30.0 Å². The van der Waals surface area contributed by atoms with Crippen molar-refractivity contribution in [2.24, 2.45) is 0 Å². The first-order chi connectivity index (χ1) is 16.4. The number of carbonyl (C=O) groups excluding carboxylic acids is 1. The van der Waals surface area contributed by atoms with Crippen molar-refractivity contribution in [2.45, 2.75) is 30.7 Å². The van der Waals surface area contributed by atoms with Crippen LogP contribution in [0.5, 0.6) is 11.5 Å². The molecule has 0 spiro atoms. The van der Waals surface area contributed by atoms with Crippen LogP contribution in [0.25, 0.3) is 17.0 Å². The number of aliphatic hydroxyl groups is 3. The predicted octanol–water partition coefficient (Wildman–Crippen LogP) is 0.942. The van der Waals surface area contributed by atoms with Crippen LogP contribution in [-0.4, -0.2) is 63.7 Å². The van der Waals surface area contributed by atoms with Crippen LogP contribution in [0.15, 0.2) is 70.1 Å². The highest BCUT2D eigenvalue weighted by molar-refractivity contribution is 5.87. The van der Waals surface area contributed by atoms with Crippen molar-refractivity contribution in [1.82, 2.24) is 0 Å². The fourth-order valence-corrected chi connectivity index (χ4v) is 3.55. The smallest absolute Gasteiger partial charge is 0.331 e. The molecule has 10 heteroatoms. The molecule has 0 aliphatic carbocycles. The second-order valence-corrected chi connectivity index (χ2v) is 7.57. The van der Waals surface area contributed by atoms with E-state index in [1.807, 2.05) is 6.07 Å². The summed E-state index contributed by atoms with van der Waals surface area (Å²) in [7, 11) is 0. The van der Waals surface area contributed by atoms with Gasteiger partial charge >= 0.3 is 5.97 Å². The largest absolute Gasteiger partial charge is 0.507 e. The molecule has 10 nitrogen and oxygen atoms in total. The van der Waals surface area contributed by atoms with Crippen LogP contribution in [0.2, 0.25) is 0 Å². The highest BCUT2D eigenvalue weighted by atomic mass is 16.7. The number of fused-ring (bicyclic) bond motifs is 1. The van der Waals surface area contributed by atoms with Crippen LogP contribution in [0.3, 0.4) is 0 Å². The molecule has 1 aliphatic heterocycles. The molecule has 0 saturated carbocycles. The maximum atomic E-state index is 12.4. The molecular formula is C24H22O10. The molecule has 0 bridgehead atoms. The number of phenolic OH excluding ortho intramolecular Hbond substituents is 1. The Morgan fingerprint density at radius 1 is 1.09 bits per heavy atom. The zero-order valence-corrected chi connectivity index (χ0v) is 17.7. The zero-order valence-electron chi connectivity index (χ0n) is 17.7. The molecule has 0 unspecified atom stereocenters. The van der Waals surface area contributed by atoms with Crippen LogP contribution in [0, 0.1) is 0 Å². The SMILES string of the molecule is O=C(/C=C/c1ccccc1)O[C@H]1[C@H](Oc2cc(O)c3c(=O)ccoc3c2)O[C@H](CO)[C@@H](O)[C@@H]1O. The molecule has 1 saturated heterocycles. The molecule has 2 aromatic carbocycles. The third-order valence-corrected chi connectivity index (χ3v) is 5.26. The number of aliphatic hydroxyl groups excluding tert-OH is 3.